The lowest BCUT2D eigenvalue weighted by Gasteiger charge is -2.37. The number of primary amides is 1. The summed E-state index contributed by atoms with van der Waals surface area (Å²) in [7, 11) is 1.47. The molecule has 25 heavy (non-hydrogen) atoms. The van der Waals surface area contributed by atoms with Gasteiger partial charge in [-0.3, -0.25) is 9.59 Å². The average molecular weight is 351 g/mol. The molecule has 3 amide bonds. The van der Waals surface area contributed by atoms with Crippen molar-refractivity contribution in [2.75, 3.05) is 18.6 Å². The Hall–Kier alpha value is -2.68. The van der Waals surface area contributed by atoms with Gasteiger partial charge in [-0.1, -0.05) is 16.6 Å². The van der Waals surface area contributed by atoms with Crippen molar-refractivity contribution >= 4 is 23.6 Å². The van der Waals surface area contributed by atoms with Gasteiger partial charge in [0.15, 0.2) is 6.10 Å². The monoisotopic (exact) mass is 351 g/mol. The van der Waals surface area contributed by atoms with Crippen LogP contribution in [-0.2, 0) is 19.1 Å². The topological polar surface area (TPSA) is 102 Å². The zero-order valence-corrected chi connectivity index (χ0v) is 13.7. The lowest BCUT2D eigenvalue weighted by atomic mass is 9.92. The van der Waals surface area contributed by atoms with Gasteiger partial charge in [0.1, 0.15) is 12.1 Å². The van der Waals surface area contributed by atoms with Gasteiger partial charge in [-0.05, 0) is 24.6 Å². The standard InChI is InChI=1S/C16H18FN3O5/c1-8(14(18)21)13-12(20(17)16(23)25-13)9-3-5-10(6-4-9)19-7-11(24-2)15(19)22/h3-6,8,11-13H,7H2,1-2H3,(H2,18,21). The van der Waals surface area contributed by atoms with Crippen molar-refractivity contribution in [3.8, 4) is 0 Å². The molecule has 0 saturated carbocycles. The number of halogens is 1. The van der Waals surface area contributed by atoms with Crippen LogP contribution in [0.4, 0.5) is 15.0 Å². The summed E-state index contributed by atoms with van der Waals surface area (Å²) in [5.74, 6) is -1.69. The highest BCUT2D eigenvalue weighted by Crippen LogP contribution is 2.38. The van der Waals surface area contributed by atoms with E-state index in [0.717, 1.165) is 0 Å². The highest BCUT2D eigenvalue weighted by atomic mass is 19.2. The van der Waals surface area contributed by atoms with Crippen LogP contribution < -0.4 is 10.6 Å². The summed E-state index contributed by atoms with van der Waals surface area (Å²) in [6.45, 7) is 1.92. The third-order valence-electron chi connectivity index (χ3n) is 4.63. The maximum Gasteiger partial charge on any atom is 0.439 e. The van der Waals surface area contributed by atoms with Crippen LogP contribution in [0.1, 0.15) is 18.5 Å². The van der Waals surface area contributed by atoms with Gasteiger partial charge in [0.2, 0.25) is 5.91 Å². The molecule has 1 aromatic carbocycles. The number of nitrogens with zero attached hydrogens (tertiary/aromatic N) is 2. The van der Waals surface area contributed by atoms with Crippen LogP contribution in [0.5, 0.6) is 0 Å². The molecule has 134 valence electrons. The van der Waals surface area contributed by atoms with Crippen LogP contribution in [0.3, 0.4) is 0 Å². The summed E-state index contributed by atoms with van der Waals surface area (Å²) in [4.78, 5) is 36.3. The van der Waals surface area contributed by atoms with Gasteiger partial charge in [0.05, 0.1) is 12.5 Å². The van der Waals surface area contributed by atoms with Crippen LogP contribution in [-0.4, -0.2) is 48.9 Å². The number of benzene rings is 1. The molecule has 2 saturated heterocycles. The van der Waals surface area contributed by atoms with E-state index in [1.165, 1.54) is 18.9 Å². The zero-order chi connectivity index (χ0) is 18.3. The van der Waals surface area contributed by atoms with E-state index in [0.29, 0.717) is 17.8 Å². The second-order valence-corrected chi connectivity index (χ2v) is 6.06. The molecule has 0 bridgehead atoms. The summed E-state index contributed by atoms with van der Waals surface area (Å²) < 4.78 is 24.1. The first kappa shape index (κ1) is 17.2. The molecule has 9 heteroatoms. The van der Waals surface area contributed by atoms with E-state index >= 15 is 0 Å². The summed E-state index contributed by atoms with van der Waals surface area (Å²) >= 11 is 0. The zero-order valence-electron chi connectivity index (χ0n) is 13.7. The van der Waals surface area contributed by atoms with Gasteiger partial charge < -0.3 is 20.1 Å². The predicted octanol–water partition coefficient (Wildman–Crippen LogP) is 0.916. The minimum Gasteiger partial charge on any atom is -0.441 e. The minimum absolute atomic E-state index is 0.0468. The third kappa shape index (κ3) is 2.80. The number of β-lactam (4-membered cyclic amide) rings is 1. The highest BCUT2D eigenvalue weighted by molar-refractivity contribution is 6.03. The van der Waals surface area contributed by atoms with E-state index in [4.69, 9.17) is 15.2 Å². The van der Waals surface area contributed by atoms with Crippen LogP contribution in [0.2, 0.25) is 0 Å². The predicted molar refractivity (Wildman–Crippen MR) is 83.9 cm³/mol. The van der Waals surface area contributed by atoms with Gasteiger partial charge in [0.25, 0.3) is 5.91 Å². The minimum atomic E-state index is -1.16. The number of methoxy groups -OCH3 is 1. The van der Waals surface area contributed by atoms with E-state index in [1.54, 1.807) is 24.3 Å². The smallest absolute Gasteiger partial charge is 0.439 e. The first-order valence-electron chi connectivity index (χ1n) is 7.74. The van der Waals surface area contributed by atoms with E-state index < -0.39 is 36.2 Å². The van der Waals surface area contributed by atoms with Crippen molar-refractivity contribution in [2.24, 2.45) is 11.7 Å². The summed E-state index contributed by atoms with van der Waals surface area (Å²) in [5, 5.41) is -0.0468. The van der Waals surface area contributed by atoms with Crippen LogP contribution in [0.25, 0.3) is 0 Å². The fourth-order valence-corrected chi connectivity index (χ4v) is 2.99. The number of carbonyl (C=O) groups is 3. The molecule has 8 nitrogen and oxygen atoms in total. The van der Waals surface area contributed by atoms with Gasteiger partial charge in [0, 0.05) is 12.8 Å². The van der Waals surface area contributed by atoms with Crippen molar-refractivity contribution in [3.05, 3.63) is 29.8 Å². The lowest BCUT2D eigenvalue weighted by Crippen LogP contribution is -2.57. The maximum atomic E-state index is 14.2. The Labute approximate surface area is 143 Å². The Bertz CT molecular complexity index is 710. The number of hydrogen-bond acceptors (Lipinski definition) is 5. The number of carbonyl (C=O) groups excluding carboxylic acids is 3. The fraction of sp³-hybridized carbons (Fsp3) is 0.438. The molecule has 2 N–H and O–H groups in total. The number of cyclic esters (lactones) is 1. The van der Waals surface area contributed by atoms with Crippen molar-refractivity contribution in [3.63, 3.8) is 0 Å². The molecule has 2 aliphatic rings. The number of rotatable bonds is 5. The molecule has 0 aliphatic carbocycles. The molecule has 0 aromatic heterocycles. The van der Waals surface area contributed by atoms with E-state index in [-0.39, 0.29) is 11.0 Å². The van der Waals surface area contributed by atoms with Crippen molar-refractivity contribution in [1.29, 1.82) is 0 Å². The Kier molecular flexibility index (Phi) is 4.34. The molecule has 2 heterocycles. The lowest BCUT2D eigenvalue weighted by molar-refractivity contribution is -0.134. The molecule has 3 rings (SSSR count). The molecule has 2 fully saturated rings. The van der Waals surface area contributed by atoms with Crippen molar-refractivity contribution in [1.82, 2.24) is 5.12 Å². The summed E-state index contributed by atoms with van der Waals surface area (Å²) in [6.07, 6.45) is -2.62. The third-order valence-corrected chi connectivity index (χ3v) is 4.63. The van der Waals surface area contributed by atoms with E-state index in [2.05, 4.69) is 0 Å². The van der Waals surface area contributed by atoms with Gasteiger partial charge in [-0.15, -0.1) is 5.12 Å². The number of nitrogens with two attached hydrogens (primary N) is 1. The second kappa shape index (κ2) is 6.32. The molecular formula is C16H18FN3O5. The molecule has 4 unspecified atom stereocenters. The maximum absolute atomic E-state index is 14.2. The van der Waals surface area contributed by atoms with E-state index in [9.17, 15) is 18.9 Å². The van der Waals surface area contributed by atoms with E-state index in [1.807, 2.05) is 0 Å². The highest BCUT2D eigenvalue weighted by Gasteiger charge is 2.48. The normalized spacial score (nSPS) is 27.1. The molecular weight excluding hydrogens is 333 g/mol. The molecule has 1 aromatic rings. The fourth-order valence-electron chi connectivity index (χ4n) is 2.99. The van der Waals surface area contributed by atoms with Gasteiger partial charge >= 0.3 is 6.09 Å². The number of anilines is 1. The van der Waals surface area contributed by atoms with Crippen LogP contribution in [0, 0.1) is 5.92 Å². The number of amides is 3. The quantitative estimate of drug-likeness (QED) is 0.628. The molecule has 4 atom stereocenters. The van der Waals surface area contributed by atoms with Crippen LogP contribution in [0.15, 0.2) is 24.3 Å². The Balaban J connectivity index is 1.81. The van der Waals surface area contributed by atoms with Crippen LogP contribution >= 0.6 is 0 Å². The largest absolute Gasteiger partial charge is 0.441 e. The molecule has 0 radical (unpaired) electrons. The number of hydrogen-bond donors (Lipinski definition) is 1. The van der Waals surface area contributed by atoms with Crippen molar-refractivity contribution < 1.29 is 28.3 Å². The summed E-state index contributed by atoms with van der Waals surface area (Å²) in [6, 6.07) is 5.37. The second-order valence-electron chi connectivity index (χ2n) is 6.06. The summed E-state index contributed by atoms with van der Waals surface area (Å²) in [5.41, 5.74) is 6.32. The Morgan fingerprint density at radius 3 is 2.52 bits per heavy atom. The van der Waals surface area contributed by atoms with Gasteiger partial charge in [-0.2, -0.15) is 0 Å². The average Bonchev–Trinajstić information content (AvgIpc) is 2.89. The number of ether oxygens (including phenoxy) is 2. The Morgan fingerprint density at radius 1 is 1.36 bits per heavy atom. The Morgan fingerprint density at radius 2 is 2.00 bits per heavy atom. The first-order chi connectivity index (χ1) is 11.8. The SMILES string of the molecule is COC1CN(c2ccc(C3C(C(C)C(N)=O)OC(=O)N3F)cc2)C1=O. The molecule has 2 aliphatic heterocycles. The van der Waals surface area contributed by atoms with Gasteiger partial charge in [-0.25, -0.2) is 4.79 Å². The van der Waals surface area contributed by atoms with Crippen molar-refractivity contribution in [2.45, 2.75) is 25.2 Å². The first-order valence-corrected chi connectivity index (χ1v) is 7.74. The molecule has 0 spiro atoms.